The second-order valence-corrected chi connectivity index (χ2v) is 6.74. The number of nitrogens with two attached hydrogens (primary N) is 1. The van der Waals surface area contributed by atoms with Gasteiger partial charge in [-0.1, -0.05) is 6.92 Å². The summed E-state index contributed by atoms with van der Waals surface area (Å²) in [5, 5.41) is 9.81. The summed E-state index contributed by atoms with van der Waals surface area (Å²) < 4.78 is 0. The fraction of sp³-hybridized carbons (Fsp3) is 0.583. The van der Waals surface area contributed by atoms with Crippen LogP contribution in [0.2, 0.25) is 0 Å². The van der Waals surface area contributed by atoms with Crippen LogP contribution in [-0.2, 0) is 0 Å². The van der Waals surface area contributed by atoms with Crippen LogP contribution in [0.25, 0.3) is 0 Å². The number of thioether (sulfide) groups is 2. The van der Waals surface area contributed by atoms with Gasteiger partial charge in [0.05, 0.1) is 10.9 Å². The molecular formula is C12H16N4S2. The maximum Gasteiger partial charge on any atom is 0.145 e. The fourth-order valence-corrected chi connectivity index (χ4v) is 5.02. The quantitative estimate of drug-likeness (QED) is 0.897. The highest BCUT2D eigenvalue weighted by Crippen LogP contribution is 2.43. The topological polar surface area (TPSA) is 75.6 Å². The van der Waals surface area contributed by atoms with E-state index in [1.54, 1.807) is 0 Å². The van der Waals surface area contributed by atoms with Gasteiger partial charge < -0.3 is 5.73 Å². The molecule has 4 nitrogen and oxygen atoms in total. The highest BCUT2D eigenvalue weighted by Gasteiger charge is 2.29. The molecule has 6 heteroatoms. The van der Waals surface area contributed by atoms with Crippen molar-refractivity contribution in [3.8, 4) is 6.07 Å². The molecule has 1 aromatic heterocycles. The van der Waals surface area contributed by atoms with E-state index >= 15 is 0 Å². The lowest BCUT2D eigenvalue weighted by Crippen LogP contribution is -2.21. The predicted molar refractivity (Wildman–Crippen MR) is 77.6 cm³/mol. The Bertz CT molecular complexity index is 460. The molecule has 1 aliphatic rings. The van der Waals surface area contributed by atoms with Crippen molar-refractivity contribution in [2.24, 2.45) is 0 Å². The molecule has 1 saturated heterocycles. The minimum Gasteiger partial charge on any atom is -0.382 e. The Hall–Kier alpha value is -0.930. The summed E-state index contributed by atoms with van der Waals surface area (Å²) in [5.74, 6) is 3.40. The van der Waals surface area contributed by atoms with Gasteiger partial charge in [-0.3, -0.25) is 0 Å². The van der Waals surface area contributed by atoms with E-state index in [1.165, 1.54) is 5.75 Å². The molecule has 1 fully saturated rings. The van der Waals surface area contributed by atoms with Gasteiger partial charge in [0, 0.05) is 16.8 Å². The molecule has 2 N–H and O–H groups in total. The van der Waals surface area contributed by atoms with Crippen molar-refractivity contribution in [1.29, 1.82) is 5.26 Å². The van der Waals surface area contributed by atoms with Gasteiger partial charge in [-0.15, -0.1) is 11.8 Å². The van der Waals surface area contributed by atoms with Crippen molar-refractivity contribution in [1.82, 2.24) is 9.97 Å². The van der Waals surface area contributed by atoms with Crippen molar-refractivity contribution >= 4 is 29.3 Å². The Morgan fingerprint density at radius 3 is 2.72 bits per heavy atom. The number of hydrogen-bond donors (Lipinski definition) is 1. The van der Waals surface area contributed by atoms with E-state index in [2.05, 4.69) is 23.0 Å². The van der Waals surface area contributed by atoms with Crippen LogP contribution in [-0.4, -0.2) is 26.7 Å². The molecule has 2 heterocycles. The Morgan fingerprint density at radius 2 is 2.11 bits per heavy atom. The molecule has 2 rings (SSSR count). The van der Waals surface area contributed by atoms with Crippen LogP contribution >= 0.6 is 23.5 Å². The number of aryl methyl sites for hydroxylation is 1. The van der Waals surface area contributed by atoms with Gasteiger partial charge in [0.25, 0.3) is 0 Å². The summed E-state index contributed by atoms with van der Waals surface area (Å²) in [7, 11) is 0. The molecule has 1 aromatic rings. The number of nitriles is 1. The van der Waals surface area contributed by atoms with Crippen molar-refractivity contribution in [3.63, 3.8) is 0 Å². The molecule has 2 unspecified atom stereocenters. The van der Waals surface area contributed by atoms with Gasteiger partial charge >= 0.3 is 0 Å². The summed E-state index contributed by atoms with van der Waals surface area (Å²) in [6.45, 7) is 4.01. The third-order valence-corrected chi connectivity index (χ3v) is 6.20. The van der Waals surface area contributed by atoms with Gasteiger partial charge in [-0.25, -0.2) is 9.97 Å². The van der Waals surface area contributed by atoms with E-state index in [4.69, 9.17) is 11.0 Å². The highest BCUT2D eigenvalue weighted by atomic mass is 32.2. The number of hydrogen-bond acceptors (Lipinski definition) is 6. The van der Waals surface area contributed by atoms with Crippen LogP contribution in [0.4, 0.5) is 5.82 Å². The summed E-state index contributed by atoms with van der Waals surface area (Å²) in [6, 6.07) is 2.06. The first kappa shape index (κ1) is 13.5. The van der Waals surface area contributed by atoms with Gasteiger partial charge in [0.2, 0.25) is 0 Å². The molecule has 0 spiro atoms. The summed E-state index contributed by atoms with van der Waals surface area (Å²) in [4.78, 5) is 8.82. The van der Waals surface area contributed by atoms with Gasteiger partial charge in [0.1, 0.15) is 23.3 Å². The standard InChI is InChI=1S/C12H16N4S2/c1-3-9-10(18-5-4-17-9)12-15-7(2)8(6-13)11(14)16-12/h9-10H,3-5H2,1-2H3,(H2,14,15,16). The predicted octanol–water partition coefficient (Wildman–Crippen LogP) is 2.54. The lowest BCUT2D eigenvalue weighted by Gasteiger charge is -2.29. The van der Waals surface area contributed by atoms with Crippen LogP contribution in [0.3, 0.4) is 0 Å². The molecule has 96 valence electrons. The summed E-state index contributed by atoms with van der Waals surface area (Å²) in [6.07, 6.45) is 1.10. The average molecular weight is 280 g/mol. The molecule has 0 aliphatic carbocycles. The second kappa shape index (κ2) is 5.81. The second-order valence-electron chi connectivity index (χ2n) is 4.15. The van der Waals surface area contributed by atoms with Crippen molar-refractivity contribution in [2.45, 2.75) is 30.8 Å². The molecule has 2 atom stereocenters. The summed E-state index contributed by atoms with van der Waals surface area (Å²) >= 11 is 3.88. The van der Waals surface area contributed by atoms with E-state index in [-0.39, 0.29) is 0 Å². The number of nitrogen functional groups attached to an aromatic ring is 1. The summed E-state index contributed by atoms with van der Waals surface area (Å²) in [5.41, 5.74) is 6.93. The SMILES string of the molecule is CCC1SCCSC1c1nc(C)c(C#N)c(N)n1. The number of aromatic nitrogens is 2. The monoisotopic (exact) mass is 280 g/mol. The van der Waals surface area contributed by atoms with Crippen LogP contribution in [0, 0.1) is 18.3 Å². The number of anilines is 1. The highest BCUT2D eigenvalue weighted by molar-refractivity contribution is 8.06. The van der Waals surface area contributed by atoms with Gasteiger partial charge in [-0.2, -0.15) is 17.0 Å². The zero-order valence-corrected chi connectivity index (χ0v) is 12.1. The van der Waals surface area contributed by atoms with Crippen molar-refractivity contribution < 1.29 is 0 Å². The third kappa shape index (κ3) is 2.57. The Kier molecular flexibility index (Phi) is 4.36. The minimum absolute atomic E-state index is 0.294. The third-order valence-electron chi connectivity index (χ3n) is 2.95. The van der Waals surface area contributed by atoms with E-state index in [0.717, 1.165) is 18.0 Å². The Labute approximate surface area is 116 Å². The van der Waals surface area contributed by atoms with Crippen LogP contribution in [0.5, 0.6) is 0 Å². The maximum absolute atomic E-state index is 8.98. The zero-order chi connectivity index (χ0) is 13.1. The van der Waals surface area contributed by atoms with Crippen LogP contribution < -0.4 is 5.73 Å². The smallest absolute Gasteiger partial charge is 0.145 e. The first-order chi connectivity index (χ1) is 8.67. The van der Waals surface area contributed by atoms with Crippen molar-refractivity contribution in [3.05, 3.63) is 17.1 Å². The lowest BCUT2D eigenvalue weighted by molar-refractivity contribution is 0.746. The van der Waals surface area contributed by atoms with Crippen LogP contribution in [0.1, 0.15) is 35.7 Å². The Morgan fingerprint density at radius 1 is 1.39 bits per heavy atom. The van der Waals surface area contributed by atoms with E-state index in [1.807, 2.05) is 30.4 Å². The largest absolute Gasteiger partial charge is 0.382 e. The molecule has 0 aromatic carbocycles. The Balaban J connectivity index is 2.36. The zero-order valence-electron chi connectivity index (χ0n) is 10.5. The fourth-order valence-electron chi connectivity index (χ4n) is 2.02. The molecule has 1 aliphatic heterocycles. The number of rotatable bonds is 2. The molecule has 0 saturated carbocycles. The maximum atomic E-state index is 8.98. The molecule has 0 radical (unpaired) electrons. The van der Waals surface area contributed by atoms with Crippen molar-refractivity contribution in [2.75, 3.05) is 17.2 Å². The van der Waals surface area contributed by atoms with E-state index in [9.17, 15) is 0 Å². The first-order valence-electron chi connectivity index (χ1n) is 5.94. The minimum atomic E-state index is 0.294. The van der Waals surface area contributed by atoms with E-state index in [0.29, 0.717) is 27.6 Å². The van der Waals surface area contributed by atoms with Gasteiger partial charge in [-0.05, 0) is 13.3 Å². The normalized spacial score (nSPS) is 23.6. The lowest BCUT2D eigenvalue weighted by atomic mass is 10.2. The average Bonchev–Trinajstić information content (AvgIpc) is 2.38. The molecule has 0 bridgehead atoms. The molecule has 18 heavy (non-hydrogen) atoms. The van der Waals surface area contributed by atoms with Crippen LogP contribution in [0.15, 0.2) is 0 Å². The molecule has 0 amide bonds. The van der Waals surface area contributed by atoms with E-state index < -0.39 is 0 Å². The number of nitrogens with zero attached hydrogens (tertiary/aromatic N) is 3. The first-order valence-corrected chi connectivity index (χ1v) is 8.04. The molecular weight excluding hydrogens is 264 g/mol. The van der Waals surface area contributed by atoms with Gasteiger partial charge in [0.15, 0.2) is 0 Å².